The number of aromatic hydroxyl groups is 1. The Morgan fingerprint density at radius 1 is 0.973 bits per heavy atom. The topological polar surface area (TPSA) is 86.7 Å². The van der Waals surface area contributed by atoms with E-state index in [0.717, 1.165) is 29.9 Å². The Morgan fingerprint density at radius 2 is 1.51 bits per heavy atom. The van der Waals surface area contributed by atoms with E-state index in [4.69, 9.17) is 17.7 Å². The molecule has 0 unspecified atom stereocenters. The average molecular weight is 559 g/mol. The van der Waals surface area contributed by atoms with Gasteiger partial charge in [-0.15, -0.1) is 0 Å². The number of alkyl halides is 3. The van der Waals surface area contributed by atoms with Crippen LogP contribution >= 0.6 is 0 Å². The number of hydrogen-bond acceptors (Lipinski definition) is 5. The van der Waals surface area contributed by atoms with E-state index in [2.05, 4.69) is 55.5 Å². The number of phenolic OH excluding ortho intramolecular Hbond substituents is 1. The number of phenols is 1. The summed E-state index contributed by atoms with van der Waals surface area (Å²) in [5.41, 5.74) is -3.59. The van der Waals surface area contributed by atoms with Gasteiger partial charge in [0.15, 0.2) is 15.0 Å². The molecule has 0 amide bonds. The lowest BCUT2D eigenvalue weighted by atomic mass is 10.1. The maximum Gasteiger partial charge on any atom is 0.485 e. The normalized spacial score (nSPS) is 13.9. The molecule has 1 saturated heterocycles. The first-order chi connectivity index (χ1) is 17.3. The Kier molecular flexibility index (Phi) is 11.6. The minimum absolute atomic E-state index is 0.469. The van der Waals surface area contributed by atoms with Crippen molar-refractivity contribution in [3.05, 3.63) is 65.7 Å². The molecule has 0 bridgehead atoms. The quantitative estimate of drug-likeness (QED) is 0.160. The van der Waals surface area contributed by atoms with E-state index in [-0.39, 0.29) is 0 Å². The maximum absolute atomic E-state index is 10.7. The zero-order chi connectivity index (χ0) is 27.6. The highest BCUT2D eigenvalue weighted by Crippen LogP contribution is 2.29. The Morgan fingerprint density at radius 3 is 2.03 bits per heavy atom. The van der Waals surface area contributed by atoms with Gasteiger partial charge in [0.1, 0.15) is 23.0 Å². The highest BCUT2D eigenvalue weighted by molar-refractivity contribution is 7.97. The molecule has 1 fully saturated rings. The summed E-state index contributed by atoms with van der Waals surface area (Å²) in [6, 6.07) is 18.9. The molecule has 37 heavy (non-hydrogen) atoms. The van der Waals surface area contributed by atoms with Crippen LogP contribution in [0.5, 0.6) is 11.5 Å². The fourth-order valence-electron chi connectivity index (χ4n) is 3.56. The summed E-state index contributed by atoms with van der Waals surface area (Å²) in [6.45, 7) is 6.97. The summed E-state index contributed by atoms with van der Waals surface area (Å²) in [6.07, 6.45) is 5.05. The molecule has 5 nitrogen and oxygen atoms in total. The van der Waals surface area contributed by atoms with E-state index in [1.807, 2.05) is 19.9 Å². The van der Waals surface area contributed by atoms with E-state index < -0.39 is 15.6 Å². The first kappa shape index (κ1) is 30.8. The molecule has 0 radical (unpaired) electrons. The Bertz CT molecular complexity index is 1230. The van der Waals surface area contributed by atoms with Crippen LogP contribution in [0.2, 0.25) is 0 Å². The third-order valence-corrected chi connectivity index (χ3v) is 8.63. The fourth-order valence-corrected chi connectivity index (χ4v) is 6.03. The van der Waals surface area contributed by atoms with E-state index in [9.17, 15) is 18.3 Å². The summed E-state index contributed by atoms with van der Waals surface area (Å²) in [5, 5.41) is 12.2. The van der Waals surface area contributed by atoms with E-state index >= 15 is 0 Å². The van der Waals surface area contributed by atoms with Gasteiger partial charge in [-0.1, -0.05) is 43.7 Å². The third-order valence-electron chi connectivity index (χ3n) is 5.60. The van der Waals surface area contributed by atoms with Gasteiger partial charge < -0.3 is 14.4 Å². The summed E-state index contributed by atoms with van der Waals surface area (Å²) >= 11 is 0. The lowest BCUT2D eigenvalue weighted by Crippen LogP contribution is -2.21. The summed E-state index contributed by atoms with van der Waals surface area (Å²) in [5.74, 6) is 4.14. The molecule has 1 N–H and O–H groups in total. The SMILES string of the molecule is CCCCOc1ccc2ccccc2c1.Cc1cc([S+]2CCCC2)cc(C)c1O.O=S(=O)([O-])C(F)(F)F. The molecule has 3 aromatic rings. The second-order valence-corrected chi connectivity index (χ2v) is 12.3. The molecule has 0 aromatic heterocycles. The number of aryl methyl sites for hydroxylation is 2. The van der Waals surface area contributed by atoms with Crippen LogP contribution in [0, 0.1) is 13.8 Å². The zero-order valence-electron chi connectivity index (χ0n) is 21.2. The van der Waals surface area contributed by atoms with E-state index in [1.165, 1.54) is 46.4 Å². The smallest absolute Gasteiger partial charge is 0.485 e. The highest BCUT2D eigenvalue weighted by Gasteiger charge is 2.37. The van der Waals surface area contributed by atoms with Crippen molar-refractivity contribution >= 4 is 31.8 Å². The van der Waals surface area contributed by atoms with Crippen molar-refractivity contribution < 1.29 is 36.0 Å². The monoisotopic (exact) mass is 558 g/mol. The van der Waals surface area contributed by atoms with Crippen LogP contribution in [0.15, 0.2) is 59.5 Å². The lowest BCUT2D eigenvalue weighted by Gasteiger charge is -2.08. The van der Waals surface area contributed by atoms with Crippen LogP contribution in [-0.2, 0) is 21.0 Å². The molecule has 0 aliphatic carbocycles. The van der Waals surface area contributed by atoms with Gasteiger partial charge in [-0.25, -0.2) is 8.42 Å². The minimum atomic E-state index is -6.09. The van der Waals surface area contributed by atoms with Crippen molar-refractivity contribution in [2.24, 2.45) is 0 Å². The molecule has 204 valence electrons. The first-order valence-corrected chi connectivity index (χ1v) is 14.9. The second-order valence-electron chi connectivity index (χ2n) is 8.62. The Hall–Kier alpha value is -2.43. The molecule has 3 aromatic carbocycles. The Labute approximate surface area is 219 Å². The van der Waals surface area contributed by atoms with Gasteiger partial charge >= 0.3 is 5.51 Å². The van der Waals surface area contributed by atoms with Crippen LogP contribution < -0.4 is 4.74 Å². The van der Waals surface area contributed by atoms with Crippen LogP contribution in [0.4, 0.5) is 13.2 Å². The van der Waals surface area contributed by atoms with Gasteiger partial charge in [0, 0.05) is 10.9 Å². The zero-order valence-corrected chi connectivity index (χ0v) is 22.8. The standard InChI is InChI=1S/C14H16O.C12H16OS.CHF3O3S/c1-2-3-10-15-14-9-8-12-6-4-5-7-13(12)11-14;1-9-7-11(8-10(2)12(9)13)14-5-3-4-6-14;2-1(3,4)8(5,6)7/h4-9,11H,2-3,10H2,1H3;7-8H,3-6H2,1-2H3;(H,5,6,7). The number of ether oxygens (including phenoxy) is 1. The van der Waals surface area contributed by atoms with Gasteiger partial charge in [0.05, 0.1) is 6.61 Å². The number of rotatable bonds is 5. The summed E-state index contributed by atoms with van der Waals surface area (Å²) in [4.78, 5) is 1.45. The van der Waals surface area contributed by atoms with Gasteiger partial charge in [-0.2, -0.15) is 13.2 Å². The largest absolute Gasteiger partial charge is 0.741 e. The molecular weight excluding hydrogens is 525 g/mol. The number of hydrogen-bond donors (Lipinski definition) is 1. The second kappa shape index (κ2) is 13.9. The van der Waals surface area contributed by atoms with Crippen LogP contribution in [0.1, 0.15) is 43.7 Å². The van der Waals surface area contributed by atoms with Crippen molar-refractivity contribution in [2.75, 3.05) is 18.1 Å². The predicted octanol–water partition coefficient (Wildman–Crippen LogP) is 6.85. The molecule has 0 saturated carbocycles. The molecule has 1 aliphatic heterocycles. The number of benzene rings is 3. The van der Waals surface area contributed by atoms with Crippen molar-refractivity contribution in [3.8, 4) is 11.5 Å². The predicted molar refractivity (Wildman–Crippen MR) is 142 cm³/mol. The van der Waals surface area contributed by atoms with E-state index in [0.29, 0.717) is 16.6 Å². The summed E-state index contributed by atoms with van der Waals surface area (Å²) in [7, 11) is -5.62. The third kappa shape index (κ3) is 9.75. The van der Waals surface area contributed by atoms with Gasteiger partial charge in [0.25, 0.3) is 0 Å². The molecule has 1 aliphatic rings. The fraction of sp³-hybridized carbons (Fsp3) is 0.407. The van der Waals surface area contributed by atoms with Crippen molar-refractivity contribution in [1.82, 2.24) is 0 Å². The molecular formula is C27H33F3O5S2. The minimum Gasteiger partial charge on any atom is -0.741 e. The number of unbranched alkanes of at least 4 members (excludes halogenated alkanes) is 1. The van der Waals surface area contributed by atoms with Crippen molar-refractivity contribution in [3.63, 3.8) is 0 Å². The Balaban J connectivity index is 0.000000205. The molecule has 0 atom stereocenters. The number of fused-ring (bicyclic) bond motifs is 1. The van der Waals surface area contributed by atoms with Crippen molar-refractivity contribution in [1.29, 1.82) is 0 Å². The van der Waals surface area contributed by atoms with Gasteiger partial charge in [0.2, 0.25) is 0 Å². The summed E-state index contributed by atoms with van der Waals surface area (Å²) < 4.78 is 64.6. The van der Waals surface area contributed by atoms with E-state index in [1.54, 1.807) is 0 Å². The van der Waals surface area contributed by atoms with Crippen LogP contribution in [0.25, 0.3) is 10.8 Å². The highest BCUT2D eigenvalue weighted by atomic mass is 32.2. The van der Waals surface area contributed by atoms with Crippen molar-refractivity contribution in [2.45, 2.75) is 56.9 Å². The molecule has 1 heterocycles. The van der Waals surface area contributed by atoms with Gasteiger partial charge in [-0.3, -0.25) is 0 Å². The first-order valence-electron chi connectivity index (χ1n) is 11.9. The van der Waals surface area contributed by atoms with Crippen LogP contribution in [-0.4, -0.2) is 41.7 Å². The molecule has 4 rings (SSSR count). The maximum atomic E-state index is 10.7. The lowest BCUT2D eigenvalue weighted by molar-refractivity contribution is -0.0517. The average Bonchev–Trinajstić information content (AvgIpc) is 3.37. The van der Waals surface area contributed by atoms with Gasteiger partial charge in [-0.05, 0) is 79.3 Å². The van der Waals surface area contributed by atoms with Crippen LogP contribution in [0.3, 0.4) is 0 Å². The number of halogens is 3. The molecule has 0 spiro atoms. The molecule has 10 heteroatoms.